The SMILES string of the molecule is CCCNCc1ccccc1SCCOC. The molecule has 0 saturated heterocycles. The molecule has 0 saturated carbocycles. The van der Waals surface area contributed by atoms with Crippen LogP contribution in [0.3, 0.4) is 0 Å². The smallest absolute Gasteiger partial charge is 0.0556 e. The lowest BCUT2D eigenvalue weighted by molar-refractivity contribution is 0.218. The molecule has 0 aliphatic carbocycles. The third kappa shape index (κ3) is 5.01. The third-order valence-electron chi connectivity index (χ3n) is 2.26. The van der Waals surface area contributed by atoms with Crippen LogP contribution >= 0.6 is 11.8 Å². The van der Waals surface area contributed by atoms with Crippen LogP contribution in [0.4, 0.5) is 0 Å². The highest BCUT2D eigenvalue weighted by Crippen LogP contribution is 2.22. The lowest BCUT2D eigenvalue weighted by Crippen LogP contribution is -2.14. The quantitative estimate of drug-likeness (QED) is 0.557. The molecule has 0 spiro atoms. The number of methoxy groups -OCH3 is 1. The Labute approximate surface area is 103 Å². The fourth-order valence-corrected chi connectivity index (χ4v) is 2.40. The van der Waals surface area contributed by atoms with Crippen LogP contribution in [0, 0.1) is 0 Å². The van der Waals surface area contributed by atoms with Crippen LogP contribution in [0.25, 0.3) is 0 Å². The second-order valence-electron chi connectivity index (χ2n) is 3.63. The standard InChI is InChI=1S/C13H21NOS/c1-3-8-14-11-12-6-4-5-7-13(12)16-10-9-15-2/h4-7,14H,3,8-11H2,1-2H3. The summed E-state index contributed by atoms with van der Waals surface area (Å²) in [6.07, 6.45) is 1.18. The maximum atomic E-state index is 5.07. The Kier molecular flexibility index (Phi) is 7.30. The molecule has 0 atom stereocenters. The topological polar surface area (TPSA) is 21.3 Å². The molecule has 1 aromatic carbocycles. The molecule has 0 bridgehead atoms. The van der Waals surface area contributed by atoms with Gasteiger partial charge in [-0.25, -0.2) is 0 Å². The minimum atomic E-state index is 0.807. The number of ether oxygens (including phenoxy) is 1. The number of hydrogen-bond acceptors (Lipinski definition) is 3. The molecule has 90 valence electrons. The van der Waals surface area contributed by atoms with Gasteiger partial charge in [-0.2, -0.15) is 0 Å². The lowest BCUT2D eigenvalue weighted by atomic mass is 10.2. The molecule has 16 heavy (non-hydrogen) atoms. The van der Waals surface area contributed by atoms with Gasteiger partial charge in [0.15, 0.2) is 0 Å². The van der Waals surface area contributed by atoms with Crippen molar-refractivity contribution in [3.8, 4) is 0 Å². The Morgan fingerprint density at radius 2 is 2.12 bits per heavy atom. The van der Waals surface area contributed by atoms with Gasteiger partial charge in [0.1, 0.15) is 0 Å². The molecule has 1 rings (SSSR count). The van der Waals surface area contributed by atoms with Crippen molar-refractivity contribution in [2.24, 2.45) is 0 Å². The van der Waals surface area contributed by atoms with E-state index in [0.717, 1.165) is 25.4 Å². The molecular formula is C13H21NOS. The van der Waals surface area contributed by atoms with Gasteiger partial charge in [0.05, 0.1) is 6.61 Å². The van der Waals surface area contributed by atoms with Crippen LogP contribution in [0.5, 0.6) is 0 Å². The maximum Gasteiger partial charge on any atom is 0.0556 e. The summed E-state index contributed by atoms with van der Waals surface area (Å²) in [4.78, 5) is 1.36. The fourth-order valence-electron chi connectivity index (χ4n) is 1.43. The highest BCUT2D eigenvalue weighted by Gasteiger charge is 2.01. The van der Waals surface area contributed by atoms with Crippen LogP contribution in [0.2, 0.25) is 0 Å². The number of hydrogen-bond donors (Lipinski definition) is 1. The predicted molar refractivity (Wildman–Crippen MR) is 71.0 cm³/mol. The predicted octanol–water partition coefficient (Wildman–Crippen LogP) is 2.92. The molecule has 2 nitrogen and oxygen atoms in total. The summed E-state index contributed by atoms with van der Waals surface area (Å²) in [6.45, 7) is 5.04. The summed E-state index contributed by atoms with van der Waals surface area (Å²) in [5.41, 5.74) is 1.39. The van der Waals surface area contributed by atoms with Crippen molar-refractivity contribution in [1.82, 2.24) is 5.32 Å². The normalized spacial score (nSPS) is 10.6. The zero-order valence-corrected chi connectivity index (χ0v) is 11.0. The Bertz CT molecular complexity index is 262. The van der Waals surface area contributed by atoms with Gasteiger partial charge in [0.25, 0.3) is 0 Å². The van der Waals surface area contributed by atoms with Crippen LogP contribution in [-0.4, -0.2) is 26.0 Å². The van der Waals surface area contributed by atoms with Gasteiger partial charge in [0, 0.05) is 24.3 Å². The summed E-state index contributed by atoms with van der Waals surface area (Å²) in [5.74, 6) is 1.02. The van der Waals surface area contributed by atoms with Gasteiger partial charge in [-0.3, -0.25) is 0 Å². The van der Waals surface area contributed by atoms with Crippen molar-refractivity contribution in [2.45, 2.75) is 24.8 Å². The van der Waals surface area contributed by atoms with Crippen molar-refractivity contribution < 1.29 is 4.74 Å². The number of rotatable bonds is 8. The fraction of sp³-hybridized carbons (Fsp3) is 0.538. The molecule has 3 heteroatoms. The first-order valence-corrected chi connectivity index (χ1v) is 6.77. The highest BCUT2D eigenvalue weighted by atomic mass is 32.2. The van der Waals surface area contributed by atoms with E-state index >= 15 is 0 Å². The molecule has 1 N–H and O–H groups in total. The summed E-state index contributed by atoms with van der Waals surface area (Å²) >= 11 is 1.86. The van der Waals surface area contributed by atoms with E-state index in [2.05, 4.69) is 36.5 Å². The highest BCUT2D eigenvalue weighted by molar-refractivity contribution is 7.99. The van der Waals surface area contributed by atoms with E-state index in [9.17, 15) is 0 Å². The van der Waals surface area contributed by atoms with Crippen molar-refractivity contribution in [1.29, 1.82) is 0 Å². The second kappa shape index (κ2) is 8.62. The number of nitrogens with one attached hydrogen (secondary N) is 1. The average molecular weight is 239 g/mol. The zero-order valence-electron chi connectivity index (χ0n) is 10.2. The van der Waals surface area contributed by atoms with E-state index in [-0.39, 0.29) is 0 Å². The molecule has 0 fully saturated rings. The van der Waals surface area contributed by atoms with Crippen LogP contribution < -0.4 is 5.32 Å². The summed E-state index contributed by atoms with van der Waals surface area (Å²) in [5, 5.41) is 3.44. The number of thioether (sulfide) groups is 1. The Hall–Kier alpha value is -0.510. The van der Waals surface area contributed by atoms with E-state index < -0.39 is 0 Å². The molecule has 0 heterocycles. The van der Waals surface area contributed by atoms with Gasteiger partial charge in [-0.05, 0) is 24.6 Å². The first-order valence-electron chi connectivity index (χ1n) is 5.78. The largest absolute Gasteiger partial charge is 0.384 e. The van der Waals surface area contributed by atoms with Crippen molar-refractivity contribution in [2.75, 3.05) is 26.0 Å². The first-order chi connectivity index (χ1) is 7.88. The van der Waals surface area contributed by atoms with Crippen LogP contribution in [0.1, 0.15) is 18.9 Å². The molecule has 0 unspecified atom stereocenters. The maximum absolute atomic E-state index is 5.07. The van der Waals surface area contributed by atoms with Crippen molar-refractivity contribution >= 4 is 11.8 Å². The zero-order chi connectivity index (χ0) is 11.6. The Balaban J connectivity index is 2.46. The van der Waals surface area contributed by atoms with E-state index in [1.807, 2.05) is 11.8 Å². The average Bonchev–Trinajstić information content (AvgIpc) is 2.32. The third-order valence-corrected chi connectivity index (χ3v) is 3.34. The van der Waals surface area contributed by atoms with E-state index in [1.165, 1.54) is 16.9 Å². The van der Waals surface area contributed by atoms with E-state index in [4.69, 9.17) is 4.74 Å². The minimum Gasteiger partial charge on any atom is -0.384 e. The van der Waals surface area contributed by atoms with E-state index in [0.29, 0.717) is 0 Å². The monoisotopic (exact) mass is 239 g/mol. The van der Waals surface area contributed by atoms with E-state index in [1.54, 1.807) is 7.11 Å². The Morgan fingerprint density at radius 3 is 2.88 bits per heavy atom. The lowest BCUT2D eigenvalue weighted by Gasteiger charge is -2.09. The first kappa shape index (κ1) is 13.6. The molecule has 0 aromatic heterocycles. The van der Waals surface area contributed by atoms with Gasteiger partial charge in [-0.1, -0.05) is 25.1 Å². The molecule has 1 aromatic rings. The molecule has 0 aliphatic rings. The summed E-state index contributed by atoms with van der Waals surface area (Å²) in [6, 6.07) is 8.57. The number of benzene rings is 1. The van der Waals surface area contributed by atoms with Crippen molar-refractivity contribution in [3.05, 3.63) is 29.8 Å². The molecule has 0 radical (unpaired) electrons. The van der Waals surface area contributed by atoms with Crippen LogP contribution in [0.15, 0.2) is 29.2 Å². The van der Waals surface area contributed by atoms with Crippen LogP contribution in [-0.2, 0) is 11.3 Å². The summed E-state index contributed by atoms with van der Waals surface area (Å²) < 4.78 is 5.07. The molecular weight excluding hydrogens is 218 g/mol. The van der Waals surface area contributed by atoms with Crippen molar-refractivity contribution in [3.63, 3.8) is 0 Å². The van der Waals surface area contributed by atoms with Gasteiger partial charge in [0.2, 0.25) is 0 Å². The van der Waals surface area contributed by atoms with Gasteiger partial charge >= 0.3 is 0 Å². The second-order valence-corrected chi connectivity index (χ2v) is 4.76. The minimum absolute atomic E-state index is 0.807. The summed E-state index contributed by atoms with van der Waals surface area (Å²) in [7, 11) is 1.75. The van der Waals surface area contributed by atoms with Gasteiger partial charge < -0.3 is 10.1 Å². The Morgan fingerprint density at radius 1 is 1.31 bits per heavy atom. The molecule has 0 amide bonds. The molecule has 0 aliphatic heterocycles. The van der Waals surface area contributed by atoms with Gasteiger partial charge in [-0.15, -0.1) is 11.8 Å².